The minimum Gasteiger partial charge on any atom is -0.497 e. The molecular weight excluding hydrogens is 314 g/mol. The van der Waals surface area contributed by atoms with Crippen molar-refractivity contribution in [1.82, 2.24) is 5.06 Å². The molecule has 1 unspecified atom stereocenters. The lowest BCUT2D eigenvalue weighted by Crippen LogP contribution is -2.59. The molecule has 1 fully saturated rings. The Balaban J connectivity index is 1.89. The lowest BCUT2D eigenvalue weighted by atomic mass is 9.82. The van der Waals surface area contributed by atoms with E-state index in [2.05, 4.69) is 39.3 Å². The summed E-state index contributed by atoms with van der Waals surface area (Å²) in [5, 5.41) is 2.16. The molecule has 4 heteroatoms. The van der Waals surface area contributed by atoms with E-state index in [1.165, 1.54) is 6.42 Å². The second-order valence-corrected chi connectivity index (χ2v) is 8.02. The zero-order valence-corrected chi connectivity index (χ0v) is 16.4. The molecule has 1 aromatic carbocycles. The molecule has 0 aliphatic carbocycles. The molecule has 0 bridgehead atoms. The Hall–Kier alpha value is -1.36. The van der Waals surface area contributed by atoms with Crippen molar-refractivity contribution >= 4 is 0 Å². The smallest absolute Gasteiger partial charge is 0.120 e. The normalized spacial score (nSPS) is 20.8. The quantitative estimate of drug-likeness (QED) is 0.636. The van der Waals surface area contributed by atoms with Crippen LogP contribution in [0.25, 0.3) is 0 Å². The maximum Gasteiger partial charge on any atom is 0.120 e. The third kappa shape index (κ3) is 5.30. The van der Waals surface area contributed by atoms with Crippen molar-refractivity contribution in [2.24, 2.45) is 0 Å². The molecule has 0 saturated carbocycles. The van der Waals surface area contributed by atoms with E-state index in [1.807, 2.05) is 30.3 Å². The van der Waals surface area contributed by atoms with E-state index in [0.717, 1.165) is 24.2 Å². The van der Waals surface area contributed by atoms with Gasteiger partial charge in [-0.3, -0.25) is 4.84 Å². The predicted octanol–water partition coefficient (Wildman–Crippen LogP) is 4.74. The summed E-state index contributed by atoms with van der Waals surface area (Å²) in [7, 11) is 1.67. The number of methoxy groups -OCH3 is 1. The summed E-state index contributed by atoms with van der Waals surface area (Å²) in [5.74, 6) is 0.852. The Morgan fingerprint density at radius 1 is 1.12 bits per heavy atom. The first-order chi connectivity index (χ1) is 11.8. The predicted molar refractivity (Wildman–Crippen MR) is 102 cm³/mol. The van der Waals surface area contributed by atoms with Crippen LogP contribution in [0.4, 0.5) is 0 Å². The molecule has 1 aliphatic rings. The number of hydroxylamine groups is 2. The fraction of sp³-hybridized carbons (Fsp3) is 0.619. The largest absolute Gasteiger partial charge is 0.497 e. The number of hydrogen-bond acceptors (Lipinski definition) is 4. The van der Waals surface area contributed by atoms with Gasteiger partial charge in [-0.25, -0.2) is 0 Å². The van der Waals surface area contributed by atoms with Gasteiger partial charge in [0.2, 0.25) is 0 Å². The third-order valence-corrected chi connectivity index (χ3v) is 4.89. The summed E-state index contributed by atoms with van der Waals surface area (Å²) in [5.41, 5.74) is 1.14. The SMILES string of the molecule is C=CC(COCc1ccc(OC)cc1)ON1C(C)(C)CCCC1(C)C. The van der Waals surface area contributed by atoms with Gasteiger partial charge in [-0.1, -0.05) is 18.2 Å². The Bertz CT molecular complexity index is 535. The van der Waals surface area contributed by atoms with Crippen molar-refractivity contribution in [1.29, 1.82) is 0 Å². The van der Waals surface area contributed by atoms with Crippen LogP contribution < -0.4 is 4.74 Å². The van der Waals surface area contributed by atoms with E-state index in [1.54, 1.807) is 7.11 Å². The summed E-state index contributed by atoms with van der Waals surface area (Å²) in [6.07, 6.45) is 5.16. The van der Waals surface area contributed by atoms with Crippen LogP contribution in [0, 0.1) is 0 Å². The molecule has 4 nitrogen and oxygen atoms in total. The molecule has 0 radical (unpaired) electrons. The topological polar surface area (TPSA) is 30.9 Å². The van der Waals surface area contributed by atoms with Gasteiger partial charge in [0, 0.05) is 11.1 Å². The number of rotatable bonds is 8. The van der Waals surface area contributed by atoms with E-state index < -0.39 is 0 Å². The molecule has 140 valence electrons. The van der Waals surface area contributed by atoms with E-state index >= 15 is 0 Å². The Kier molecular flexibility index (Phi) is 6.66. The van der Waals surface area contributed by atoms with Crippen LogP contribution in [0.15, 0.2) is 36.9 Å². The molecule has 1 aliphatic heterocycles. The summed E-state index contributed by atoms with van der Waals surface area (Å²) >= 11 is 0. The van der Waals surface area contributed by atoms with Gasteiger partial charge in [0.25, 0.3) is 0 Å². The van der Waals surface area contributed by atoms with Crippen LogP contribution in [-0.4, -0.2) is 36.0 Å². The van der Waals surface area contributed by atoms with Gasteiger partial charge < -0.3 is 9.47 Å². The first-order valence-electron chi connectivity index (χ1n) is 9.09. The average molecular weight is 347 g/mol. The average Bonchev–Trinajstić information content (AvgIpc) is 2.56. The molecule has 0 N–H and O–H groups in total. The minimum absolute atomic E-state index is 0.0129. The van der Waals surface area contributed by atoms with Crippen LogP contribution in [0.1, 0.15) is 52.5 Å². The van der Waals surface area contributed by atoms with Crippen LogP contribution in [-0.2, 0) is 16.2 Å². The van der Waals surface area contributed by atoms with E-state index in [-0.39, 0.29) is 17.2 Å². The van der Waals surface area contributed by atoms with Crippen molar-refractivity contribution in [3.63, 3.8) is 0 Å². The fourth-order valence-electron chi connectivity index (χ4n) is 3.55. The molecule has 1 atom stereocenters. The van der Waals surface area contributed by atoms with E-state index in [0.29, 0.717) is 13.2 Å². The van der Waals surface area contributed by atoms with Crippen molar-refractivity contribution in [3.8, 4) is 5.75 Å². The highest BCUT2D eigenvalue weighted by molar-refractivity contribution is 5.26. The number of ether oxygens (including phenoxy) is 2. The molecule has 1 saturated heterocycles. The van der Waals surface area contributed by atoms with Gasteiger partial charge in [-0.15, -0.1) is 6.58 Å². The van der Waals surface area contributed by atoms with Gasteiger partial charge in [0.1, 0.15) is 11.9 Å². The molecule has 2 rings (SSSR count). The van der Waals surface area contributed by atoms with Gasteiger partial charge >= 0.3 is 0 Å². The van der Waals surface area contributed by atoms with Crippen LogP contribution in [0.3, 0.4) is 0 Å². The summed E-state index contributed by atoms with van der Waals surface area (Å²) in [6, 6.07) is 7.91. The zero-order valence-electron chi connectivity index (χ0n) is 16.4. The highest BCUT2D eigenvalue weighted by Gasteiger charge is 2.43. The summed E-state index contributed by atoms with van der Waals surface area (Å²) in [6.45, 7) is 13.9. The maximum atomic E-state index is 6.32. The monoisotopic (exact) mass is 347 g/mol. The third-order valence-electron chi connectivity index (χ3n) is 4.89. The molecule has 0 aromatic heterocycles. The molecule has 1 heterocycles. The van der Waals surface area contributed by atoms with Crippen molar-refractivity contribution in [3.05, 3.63) is 42.5 Å². The molecule has 0 amide bonds. The Morgan fingerprint density at radius 2 is 1.72 bits per heavy atom. The zero-order chi connectivity index (χ0) is 18.5. The minimum atomic E-state index is -0.158. The molecule has 1 aromatic rings. The van der Waals surface area contributed by atoms with Crippen molar-refractivity contribution < 1.29 is 14.3 Å². The van der Waals surface area contributed by atoms with Crippen LogP contribution in [0.2, 0.25) is 0 Å². The molecular formula is C21H33NO3. The Morgan fingerprint density at radius 3 is 2.24 bits per heavy atom. The van der Waals surface area contributed by atoms with Crippen molar-refractivity contribution in [2.75, 3.05) is 13.7 Å². The van der Waals surface area contributed by atoms with E-state index in [4.69, 9.17) is 14.3 Å². The van der Waals surface area contributed by atoms with Gasteiger partial charge in [0.05, 0.1) is 20.3 Å². The number of hydrogen-bond donors (Lipinski definition) is 0. The van der Waals surface area contributed by atoms with Gasteiger partial charge in [0.15, 0.2) is 0 Å². The lowest BCUT2D eigenvalue weighted by Gasteiger charge is -2.52. The lowest BCUT2D eigenvalue weighted by molar-refractivity contribution is -0.301. The highest BCUT2D eigenvalue weighted by Crippen LogP contribution is 2.38. The molecule has 0 spiro atoms. The number of benzene rings is 1. The first kappa shape index (κ1) is 20.0. The number of piperidine rings is 1. The van der Waals surface area contributed by atoms with E-state index in [9.17, 15) is 0 Å². The van der Waals surface area contributed by atoms with Crippen LogP contribution in [0.5, 0.6) is 5.75 Å². The Labute approximate surface area is 152 Å². The molecule has 25 heavy (non-hydrogen) atoms. The number of nitrogens with zero attached hydrogens (tertiary/aromatic N) is 1. The maximum absolute atomic E-state index is 6.32. The fourth-order valence-corrected chi connectivity index (χ4v) is 3.55. The summed E-state index contributed by atoms with van der Waals surface area (Å²) in [4.78, 5) is 6.32. The van der Waals surface area contributed by atoms with Gasteiger partial charge in [-0.05, 0) is 64.7 Å². The van der Waals surface area contributed by atoms with Gasteiger partial charge in [-0.2, -0.15) is 5.06 Å². The van der Waals surface area contributed by atoms with Crippen molar-refractivity contribution in [2.45, 2.75) is 70.7 Å². The first-order valence-corrected chi connectivity index (χ1v) is 9.09. The highest BCUT2D eigenvalue weighted by atomic mass is 16.7. The second-order valence-electron chi connectivity index (χ2n) is 8.02. The van der Waals surface area contributed by atoms with Crippen LogP contribution >= 0.6 is 0 Å². The second kappa shape index (κ2) is 8.35. The standard InChI is InChI=1S/C21H33NO3/c1-7-18(16-24-15-17-9-11-19(23-6)12-10-17)25-22-20(2,3)13-8-14-21(22,4)5/h7,9-12,18H,1,8,13-16H2,2-6H3. The summed E-state index contributed by atoms with van der Waals surface area (Å²) < 4.78 is 11.0.